The molecule has 0 unspecified atom stereocenters. The van der Waals surface area contributed by atoms with Crippen molar-refractivity contribution in [3.05, 3.63) is 22.3 Å². The number of carbonyl (C=O) groups excluding carboxylic acids is 1. The molecular weight excluding hydrogens is 110 g/mol. The van der Waals surface area contributed by atoms with Crippen LogP contribution in [0.2, 0.25) is 0 Å². The molecular formula is C4H5NO3. The lowest BCUT2D eigenvalue weighted by Gasteiger charge is -1.77. The van der Waals surface area contributed by atoms with Crippen LogP contribution in [0.4, 0.5) is 0 Å². The lowest BCUT2D eigenvalue weighted by molar-refractivity contribution is -0.468. The van der Waals surface area contributed by atoms with Crippen LogP contribution in [0.25, 0.3) is 0 Å². The van der Waals surface area contributed by atoms with E-state index >= 15 is 0 Å². The van der Waals surface area contributed by atoms with Gasteiger partial charge in [-0.3, -0.25) is 14.9 Å². The largest absolute Gasteiger partial charge is 0.299 e. The van der Waals surface area contributed by atoms with Crippen molar-refractivity contribution in [2.45, 2.75) is 0 Å². The van der Waals surface area contributed by atoms with E-state index in [-0.39, 0.29) is 6.54 Å². The number of nitrogens with zero attached hydrogens (tertiary/aromatic N) is 1. The van der Waals surface area contributed by atoms with Crippen molar-refractivity contribution >= 4 is 6.29 Å². The summed E-state index contributed by atoms with van der Waals surface area (Å²) < 4.78 is 0. The van der Waals surface area contributed by atoms with Gasteiger partial charge in [0.15, 0.2) is 0 Å². The molecule has 0 aromatic rings. The van der Waals surface area contributed by atoms with Gasteiger partial charge in [0.1, 0.15) is 6.29 Å². The van der Waals surface area contributed by atoms with Crippen molar-refractivity contribution in [1.29, 1.82) is 0 Å². The molecule has 0 saturated heterocycles. The average Bonchev–Trinajstić information content (AvgIpc) is 1.66. The van der Waals surface area contributed by atoms with Crippen LogP contribution in [0.3, 0.4) is 0 Å². The molecule has 0 N–H and O–H groups in total. The van der Waals surface area contributed by atoms with Gasteiger partial charge in [0.05, 0.1) is 0 Å². The zero-order chi connectivity index (χ0) is 6.41. The van der Waals surface area contributed by atoms with Gasteiger partial charge in [-0.15, -0.1) is 0 Å². The first kappa shape index (κ1) is 6.81. The fourth-order valence-electron chi connectivity index (χ4n) is 0.202. The summed E-state index contributed by atoms with van der Waals surface area (Å²) in [6.45, 7) is -0.279. The normalized spacial score (nSPS) is 9.50. The molecule has 0 rings (SSSR count). The predicted molar refractivity (Wildman–Crippen MR) is 27.1 cm³/mol. The number of aldehydes is 1. The third-order valence-electron chi connectivity index (χ3n) is 0.469. The molecule has 0 heterocycles. The summed E-state index contributed by atoms with van der Waals surface area (Å²) >= 11 is 0. The summed E-state index contributed by atoms with van der Waals surface area (Å²) in [6.07, 6.45) is 2.79. The summed E-state index contributed by atoms with van der Waals surface area (Å²) in [5.41, 5.74) is 0. The van der Waals surface area contributed by atoms with E-state index in [0.29, 0.717) is 6.29 Å². The minimum Gasteiger partial charge on any atom is -0.299 e. The summed E-state index contributed by atoms with van der Waals surface area (Å²) in [5.74, 6) is 0. The summed E-state index contributed by atoms with van der Waals surface area (Å²) in [7, 11) is 0. The molecule has 0 saturated carbocycles. The Balaban J connectivity index is 3.29. The number of nitro groups is 1. The van der Waals surface area contributed by atoms with E-state index < -0.39 is 4.92 Å². The maximum atomic E-state index is 9.51. The highest BCUT2D eigenvalue weighted by atomic mass is 16.6. The van der Waals surface area contributed by atoms with Gasteiger partial charge >= 0.3 is 0 Å². The first-order valence-corrected chi connectivity index (χ1v) is 1.99. The first-order valence-electron chi connectivity index (χ1n) is 1.99. The van der Waals surface area contributed by atoms with Crippen LogP contribution >= 0.6 is 0 Å². The van der Waals surface area contributed by atoms with Crippen molar-refractivity contribution < 1.29 is 9.72 Å². The quantitative estimate of drug-likeness (QED) is 0.225. The Kier molecular flexibility index (Phi) is 3.39. The number of allylic oxidation sites excluding steroid dienone is 1. The third kappa shape index (κ3) is 4.81. The second kappa shape index (κ2) is 3.98. The zero-order valence-corrected chi connectivity index (χ0v) is 4.11. The van der Waals surface area contributed by atoms with Gasteiger partial charge in [-0.2, -0.15) is 0 Å². The molecule has 0 aliphatic rings. The van der Waals surface area contributed by atoms with Crippen LogP contribution in [0.1, 0.15) is 0 Å². The summed E-state index contributed by atoms with van der Waals surface area (Å²) in [5, 5.41) is 9.51. The Morgan fingerprint density at radius 1 is 1.62 bits per heavy atom. The van der Waals surface area contributed by atoms with Gasteiger partial charge in [-0.05, 0) is 12.2 Å². The van der Waals surface area contributed by atoms with Gasteiger partial charge in [-0.1, -0.05) is 0 Å². The fraction of sp³-hybridized carbons (Fsp3) is 0.250. The lowest BCUT2D eigenvalue weighted by Crippen LogP contribution is -1.95. The van der Waals surface area contributed by atoms with Gasteiger partial charge < -0.3 is 0 Å². The second-order valence-electron chi connectivity index (χ2n) is 1.08. The molecule has 0 aliphatic carbocycles. The molecule has 0 spiro atoms. The highest BCUT2D eigenvalue weighted by molar-refractivity contribution is 5.64. The monoisotopic (exact) mass is 115 g/mol. The van der Waals surface area contributed by atoms with E-state index in [0.717, 1.165) is 6.08 Å². The van der Waals surface area contributed by atoms with Crippen LogP contribution in [-0.2, 0) is 4.79 Å². The van der Waals surface area contributed by atoms with Crippen molar-refractivity contribution in [1.82, 2.24) is 0 Å². The van der Waals surface area contributed by atoms with E-state index in [9.17, 15) is 14.9 Å². The Bertz CT molecular complexity index is 118. The molecule has 0 atom stereocenters. The van der Waals surface area contributed by atoms with Crippen molar-refractivity contribution in [2.24, 2.45) is 0 Å². The Hall–Kier alpha value is -1.19. The third-order valence-corrected chi connectivity index (χ3v) is 0.469. The minimum atomic E-state index is -0.514. The maximum Gasteiger partial charge on any atom is 0.222 e. The van der Waals surface area contributed by atoms with Crippen LogP contribution in [-0.4, -0.2) is 17.8 Å². The number of carbonyl (C=O) groups is 1. The van der Waals surface area contributed by atoms with Crippen LogP contribution in [0, 0.1) is 10.1 Å². The molecule has 0 aromatic carbocycles. The summed E-state index contributed by atoms with van der Waals surface area (Å²) in [4.78, 5) is 18.5. The first-order chi connectivity index (χ1) is 3.77. The fourth-order valence-corrected chi connectivity index (χ4v) is 0.202. The van der Waals surface area contributed by atoms with E-state index in [2.05, 4.69) is 0 Å². The van der Waals surface area contributed by atoms with E-state index in [1.54, 1.807) is 0 Å². The lowest BCUT2D eigenvalue weighted by atomic mass is 10.5. The van der Waals surface area contributed by atoms with Crippen molar-refractivity contribution in [2.75, 3.05) is 6.54 Å². The smallest absolute Gasteiger partial charge is 0.222 e. The maximum absolute atomic E-state index is 9.51. The standard InChI is InChI=1S/C4H5NO3/c6-4-2-1-3-5(7)8/h1-2,4H,3H2. The molecule has 0 fully saturated rings. The molecule has 4 heteroatoms. The second-order valence-corrected chi connectivity index (χ2v) is 1.08. The predicted octanol–water partition coefficient (Wildman–Crippen LogP) is 0.0182. The Morgan fingerprint density at radius 3 is 2.62 bits per heavy atom. The Labute approximate surface area is 46.0 Å². The van der Waals surface area contributed by atoms with Crippen molar-refractivity contribution in [3.63, 3.8) is 0 Å². The molecule has 0 bridgehead atoms. The van der Waals surface area contributed by atoms with Crippen LogP contribution in [0.5, 0.6) is 0 Å². The highest BCUT2D eigenvalue weighted by Gasteiger charge is 1.84. The highest BCUT2D eigenvalue weighted by Crippen LogP contribution is 1.69. The molecule has 44 valence electrons. The van der Waals surface area contributed by atoms with E-state index in [1.165, 1.54) is 6.08 Å². The zero-order valence-electron chi connectivity index (χ0n) is 4.11. The minimum absolute atomic E-state index is 0.279. The Morgan fingerprint density at radius 2 is 2.25 bits per heavy atom. The van der Waals surface area contributed by atoms with Gasteiger partial charge in [0, 0.05) is 4.92 Å². The molecule has 0 radical (unpaired) electrons. The summed E-state index contributed by atoms with van der Waals surface area (Å²) in [6, 6.07) is 0. The SMILES string of the molecule is O=CC=CC[N+](=O)[O-]. The van der Waals surface area contributed by atoms with E-state index in [1.807, 2.05) is 0 Å². The number of rotatable bonds is 3. The molecule has 0 amide bonds. The van der Waals surface area contributed by atoms with Gasteiger partial charge in [0.25, 0.3) is 0 Å². The van der Waals surface area contributed by atoms with Gasteiger partial charge in [0.2, 0.25) is 6.54 Å². The topological polar surface area (TPSA) is 60.2 Å². The van der Waals surface area contributed by atoms with Crippen LogP contribution in [0.15, 0.2) is 12.2 Å². The average molecular weight is 115 g/mol. The molecule has 0 aromatic heterocycles. The van der Waals surface area contributed by atoms with E-state index in [4.69, 9.17) is 0 Å². The van der Waals surface area contributed by atoms with Crippen LogP contribution < -0.4 is 0 Å². The number of hydrogen-bond acceptors (Lipinski definition) is 3. The van der Waals surface area contributed by atoms with Gasteiger partial charge in [-0.25, -0.2) is 0 Å². The molecule has 8 heavy (non-hydrogen) atoms. The molecule has 4 nitrogen and oxygen atoms in total. The molecule has 0 aliphatic heterocycles. The number of hydrogen-bond donors (Lipinski definition) is 0. The van der Waals surface area contributed by atoms with Crippen molar-refractivity contribution in [3.8, 4) is 0 Å².